The Morgan fingerprint density at radius 2 is 2.00 bits per heavy atom. The van der Waals surface area contributed by atoms with Crippen LogP contribution in [0.15, 0.2) is 24.3 Å². The van der Waals surface area contributed by atoms with Crippen LogP contribution < -0.4 is 9.04 Å². The molecule has 0 amide bonds. The summed E-state index contributed by atoms with van der Waals surface area (Å²) in [5.74, 6) is 1.67. The van der Waals surface area contributed by atoms with Gasteiger partial charge in [-0.1, -0.05) is 25.3 Å². The number of benzene rings is 1. The zero-order valence-corrected chi connectivity index (χ0v) is 16.1. The minimum atomic E-state index is -0.436. The highest BCUT2D eigenvalue weighted by atomic mass is 32.2. The molecule has 5 heteroatoms. The third kappa shape index (κ3) is 6.91. The summed E-state index contributed by atoms with van der Waals surface area (Å²) in [5.41, 5.74) is 1.14. The van der Waals surface area contributed by atoms with E-state index >= 15 is 0 Å². The van der Waals surface area contributed by atoms with Crippen LogP contribution in [0.5, 0.6) is 5.75 Å². The van der Waals surface area contributed by atoms with Gasteiger partial charge in [0.25, 0.3) is 0 Å². The van der Waals surface area contributed by atoms with Gasteiger partial charge in [0, 0.05) is 32.1 Å². The Labute approximate surface area is 151 Å². The Kier molecular flexibility index (Phi) is 8.22. The van der Waals surface area contributed by atoms with Crippen molar-refractivity contribution < 1.29 is 9.84 Å². The molecule has 0 saturated heterocycles. The monoisotopic (exact) mass is 352 g/mol. The van der Waals surface area contributed by atoms with Crippen molar-refractivity contribution in [3.63, 3.8) is 0 Å². The second-order valence-corrected chi connectivity index (χ2v) is 7.61. The van der Waals surface area contributed by atoms with E-state index in [2.05, 4.69) is 16.1 Å². The average molecular weight is 353 g/mol. The molecule has 0 heterocycles. The number of hydrogen-bond acceptors (Lipinski definition) is 5. The highest BCUT2D eigenvalue weighted by Gasteiger charge is 2.25. The maximum absolute atomic E-state index is 10.3. The Morgan fingerprint density at radius 3 is 2.58 bits per heavy atom. The van der Waals surface area contributed by atoms with Gasteiger partial charge < -0.3 is 19.0 Å². The SMILES string of the molecule is CCCCN(CC(O)COc1ccc(N(C)SC)cc1)CC1CC1. The molecule has 0 spiro atoms. The molecule has 1 atom stereocenters. The molecular weight excluding hydrogens is 320 g/mol. The van der Waals surface area contributed by atoms with E-state index in [-0.39, 0.29) is 0 Å². The van der Waals surface area contributed by atoms with Crippen molar-refractivity contribution in [3.05, 3.63) is 24.3 Å². The van der Waals surface area contributed by atoms with Crippen molar-refractivity contribution in [1.29, 1.82) is 0 Å². The maximum atomic E-state index is 10.3. The van der Waals surface area contributed by atoms with Crippen molar-refractivity contribution >= 4 is 17.6 Å². The van der Waals surface area contributed by atoms with Crippen molar-refractivity contribution in [2.24, 2.45) is 5.92 Å². The van der Waals surface area contributed by atoms with E-state index in [4.69, 9.17) is 4.74 Å². The van der Waals surface area contributed by atoms with Crippen LogP contribution in [0.2, 0.25) is 0 Å². The summed E-state index contributed by atoms with van der Waals surface area (Å²) in [6.07, 6.45) is 6.72. The summed E-state index contributed by atoms with van der Waals surface area (Å²) in [5, 5.41) is 10.3. The van der Waals surface area contributed by atoms with Gasteiger partial charge in [-0.05, 0) is 56.0 Å². The smallest absolute Gasteiger partial charge is 0.119 e. The maximum Gasteiger partial charge on any atom is 0.119 e. The fraction of sp³-hybridized carbons (Fsp3) is 0.684. The summed E-state index contributed by atoms with van der Waals surface area (Å²) >= 11 is 1.67. The van der Waals surface area contributed by atoms with E-state index in [0.29, 0.717) is 13.2 Å². The minimum absolute atomic E-state index is 0.352. The molecule has 4 nitrogen and oxygen atoms in total. The molecule has 24 heavy (non-hydrogen) atoms. The lowest BCUT2D eigenvalue weighted by Gasteiger charge is -2.25. The Balaban J connectivity index is 1.75. The minimum Gasteiger partial charge on any atom is -0.491 e. The summed E-state index contributed by atoms with van der Waals surface area (Å²) in [6, 6.07) is 8.01. The third-order valence-corrected chi connectivity index (χ3v) is 5.19. The molecule has 0 radical (unpaired) electrons. The zero-order chi connectivity index (χ0) is 17.4. The average Bonchev–Trinajstić information content (AvgIpc) is 3.41. The lowest BCUT2D eigenvalue weighted by Crippen LogP contribution is -2.37. The molecule has 1 aliphatic carbocycles. The normalized spacial score (nSPS) is 15.5. The second kappa shape index (κ2) is 10.2. The standard InChI is InChI=1S/C19H32N2O2S/c1-4-5-12-21(13-16-6-7-16)14-18(22)15-23-19-10-8-17(9-11-19)20(2)24-3/h8-11,16,18,22H,4-7,12-15H2,1-3H3. The molecule has 1 unspecified atom stereocenters. The first-order chi connectivity index (χ1) is 11.6. The topological polar surface area (TPSA) is 35.9 Å². The van der Waals surface area contributed by atoms with Crippen LogP contribution in [0.1, 0.15) is 32.6 Å². The summed E-state index contributed by atoms with van der Waals surface area (Å²) in [7, 11) is 2.04. The van der Waals surface area contributed by atoms with E-state index < -0.39 is 6.10 Å². The lowest BCUT2D eigenvalue weighted by molar-refractivity contribution is 0.0660. The molecule has 0 aromatic heterocycles. The number of rotatable bonds is 12. The number of unbranched alkanes of at least 4 members (excludes halogenated alkanes) is 1. The molecule has 1 saturated carbocycles. The molecule has 1 aromatic carbocycles. The largest absolute Gasteiger partial charge is 0.491 e. The van der Waals surface area contributed by atoms with Crippen molar-refractivity contribution in [2.75, 3.05) is 43.8 Å². The molecule has 1 fully saturated rings. The Hall–Kier alpha value is -0.910. The fourth-order valence-electron chi connectivity index (χ4n) is 2.71. The van der Waals surface area contributed by atoms with Gasteiger partial charge in [-0.25, -0.2) is 0 Å². The molecule has 1 N–H and O–H groups in total. The van der Waals surface area contributed by atoms with Crippen LogP contribution in [0.3, 0.4) is 0 Å². The molecule has 0 aliphatic heterocycles. The number of anilines is 1. The second-order valence-electron chi connectivity index (χ2n) is 6.70. The van der Waals surface area contributed by atoms with Gasteiger partial charge >= 0.3 is 0 Å². The van der Waals surface area contributed by atoms with Gasteiger partial charge in [0.1, 0.15) is 18.5 Å². The van der Waals surface area contributed by atoms with Crippen LogP contribution in [-0.2, 0) is 0 Å². The van der Waals surface area contributed by atoms with Crippen molar-refractivity contribution in [1.82, 2.24) is 4.90 Å². The van der Waals surface area contributed by atoms with E-state index in [1.807, 2.05) is 37.6 Å². The van der Waals surface area contributed by atoms with Crippen LogP contribution in [0.25, 0.3) is 0 Å². The quantitative estimate of drug-likeness (QED) is 0.581. The number of nitrogens with zero attached hydrogens (tertiary/aromatic N) is 2. The Bertz CT molecular complexity index is 465. The highest BCUT2D eigenvalue weighted by molar-refractivity contribution is 7.99. The molecular formula is C19H32N2O2S. The Morgan fingerprint density at radius 1 is 1.29 bits per heavy atom. The molecule has 1 aliphatic rings. The first kappa shape index (κ1) is 19.4. The first-order valence-corrected chi connectivity index (χ1v) is 10.2. The number of ether oxygens (including phenoxy) is 1. The number of hydrogen-bond donors (Lipinski definition) is 1. The van der Waals surface area contributed by atoms with Gasteiger partial charge in [0.2, 0.25) is 0 Å². The van der Waals surface area contributed by atoms with Gasteiger partial charge in [0.05, 0.1) is 0 Å². The highest BCUT2D eigenvalue weighted by Crippen LogP contribution is 2.29. The van der Waals surface area contributed by atoms with E-state index in [1.165, 1.54) is 25.7 Å². The molecule has 136 valence electrons. The van der Waals surface area contributed by atoms with E-state index in [0.717, 1.165) is 30.4 Å². The van der Waals surface area contributed by atoms with Crippen molar-refractivity contribution in [2.45, 2.75) is 38.7 Å². The third-order valence-electron chi connectivity index (χ3n) is 4.43. The predicted octanol–water partition coefficient (Wildman–Crippen LogP) is 3.65. The number of aliphatic hydroxyl groups excluding tert-OH is 1. The van der Waals surface area contributed by atoms with Crippen LogP contribution in [0, 0.1) is 5.92 Å². The van der Waals surface area contributed by atoms with Crippen LogP contribution in [0.4, 0.5) is 5.69 Å². The van der Waals surface area contributed by atoms with E-state index in [1.54, 1.807) is 11.9 Å². The summed E-state index contributed by atoms with van der Waals surface area (Å²) in [6.45, 7) is 5.49. The van der Waals surface area contributed by atoms with Gasteiger partial charge in [-0.2, -0.15) is 0 Å². The summed E-state index contributed by atoms with van der Waals surface area (Å²) in [4.78, 5) is 2.41. The molecule has 2 rings (SSSR count). The first-order valence-electron chi connectivity index (χ1n) is 9.03. The van der Waals surface area contributed by atoms with Crippen LogP contribution >= 0.6 is 11.9 Å². The molecule has 0 bridgehead atoms. The number of aliphatic hydroxyl groups is 1. The van der Waals surface area contributed by atoms with Gasteiger partial charge in [-0.3, -0.25) is 0 Å². The fourth-order valence-corrected chi connectivity index (χ4v) is 3.04. The van der Waals surface area contributed by atoms with Crippen molar-refractivity contribution in [3.8, 4) is 5.75 Å². The predicted molar refractivity (Wildman–Crippen MR) is 104 cm³/mol. The van der Waals surface area contributed by atoms with Gasteiger partial charge in [0.15, 0.2) is 0 Å². The summed E-state index contributed by atoms with van der Waals surface area (Å²) < 4.78 is 7.86. The van der Waals surface area contributed by atoms with E-state index in [9.17, 15) is 5.11 Å². The molecule has 1 aromatic rings. The lowest BCUT2D eigenvalue weighted by atomic mass is 10.2. The van der Waals surface area contributed by atoms with Crippen LogP contribution in [-0.4, -0.2) is 55.7 Å². The zero-order valence-electron chi connectivity index (χ0n) is 15.3. The van der Waals surface area contributed by atoms with Gasteiger partial charge in [-0.15, -0.1) is 0 Å².